The summed E-state index contributed by atoms with van der Waals surface area (Å²) in [6.07, 6.45) is 3.39. The molecule has 2 fully saturated rings. The van der Waals surface area contributed by atoms with Gasteiger partial charge in [-0.2, -0.15) is 4.98 Å². The van der Waals surface area contributed by atoms with Crippen LogP contribution in [0.5, 0.6) is 11.6 Å². The summed E-state index contributed by atoms with van der Waals surface area (Å²) in [6.45, 7) is 3.44. The van der Waals surface area contributed by atoms with Crippen molar-refractivity contribution in [3.8, 4) is 11.6 Å². The fourth-order valence-electron chi connectivity index (χ4n) is 4.92. The van der Waals surface area contributed by atoms with Gasteiger partial charge in [-0.15, -0.1) is 0 Å². The van der Waals surface area contributed by atoms with E-state index in [1.54, 1.807) is 36.5 Å². The van der Waals surface area contributed by atoms with Gasteiger partial charge in [-0.05, 0) is 49.2 Å². The van der Waals surface area contributed by atoms with E-state index in [-0.39, 0.29) is 30.1 Å². The summed E-state index contributed by atoms with van der Waals surface area (Å²) in [6, 6.07) is 10.9. The Balaban J connectivity index is 1.10. The lowest BCUT2D eigenvalue weighted by Crippen LogP contribution is -2.33. The van der Waals surface area contributed by atoms with Crippen LogP contribution in [0.15, 0.2) is 48.7 Å². The lowest BCUT2D eigenvalue weighted by molar-refractivity contribution is -0.0591. The number of rotatable bonds is 10. The van der Waals surface area contributed by atoms with Crippen molar-refractivity contribution >= 4 is 28.6 Å². The van der Waals surface area contributed by atoms with Crippen molar-refractivity contribution in [2.45, 2.75) is 44.7 Å². The number of aromatic carboxylic acids is 1. The van der Waals surface area contributed by atoms with Gasteiger partial charge in [0.25, 0.3) is 0 Å². The molecule has 0 spiro atoms. The van der Waals surface area contributed by atoms with E-state index in [1.807, 2.05) is 0 Å². The highest BCUT2D eigenvalue weighted by Gasteiger charge is 2.28. The Kier molecular flexibility index (Phi) is 7.50. The highest BCUT2D eigenvalue weighted by Crippen LogP contribution is 2.26. The monoisotopic (exact) mass is 567 g/mol. The Hall–Kier alpha value is -3.80. The lowest BCUT2D eigenvalue weighted by Gasteiger charge is -2.28. The van der Waals surface area contributed by atoms with Crippen LogP contribution >= 0.6 is 11.6 Å². The van der Waals surface area contributed by atoms with Crippen molar-refractivity contribution in [2.24, 2.45) is 0 Å². The molecule has 6 rings (SSSR count). The van der Waals surface area contributed by atoms with Gasteiger partial charge in [-0.3, -0.25) is 4.90 Å². The van der Waals surface area contributed by atoms with Crippen molar-refractivity contribution < 1.29 is 28.5 Å². The SMILES string of the molecule is O=C(O)c1ccc2nc(CN3CC[C@H](Oc4ccnc(COc5ccc(Cl)cc5F)n4)C3)n(C[C@@H]3CCO3)c2c1. The molecular weight excluding hydrogens is 541 g/mol. The number of benzene rings is 2. The molecule has 0 radical (unpaired) electrons. The number of likely N-dealkylation sites (tertiary alicyclic amines) is 1. The first-order valence-corrected chi connectivity index (χ1v) is 13.4. The van der Waals surface area contributed by atoms with Gasteiger partial charge in [-0.25, -0.2) is 19.2 Å². The fourth-order valence-corrected chi connectivity index (χ4v) is 5.08. The molecule has 0 saturated carbocycles. The molecule has 208 valence electrons. The summed E-state index contributed by atoms with van der Waals surface area (Å²) in [5, 5.41) is 9.76. The molecule has 0 unspecified atom stereocenters. The van der Waals surface area contributed by atoms with Gasteiger partial charge in [-0.1, -0.05) is 11.6 Å². The average Bonchev–Trinajstić information content (AvgIpc) is 3.49. The van der Waals surface area contributed by atoms with Crippen LogP contribution in [-0.2, 0) is 24.4 Å². The maximum Gasteiger partial charge on any atom is 0.335 e. The van der Waals surface area contributed by atoms with E-state index in [4.69, 9.17) is 30.8 Å². The zero-order valence-electron chi connectivity index (χ0n) is 21.5. The van der Waals surface area contributed by atoms with Crippen LogP contribution in [0.4, 0.5) is 4.39 Å². The van der Waals surface area contributed by atoms with Crippen LogP contribution in [0.3, 0.4) is 0 Å². The van der Waals surface area contributed by atoms with Crippen LogP contribution < -0.4 is 9.47 Å². The molecule has 10 nitrogen and oxygen atoms in total. The first-order chi connectivity index (χ1) is 19.4. The summed E-state index contributed by atoms with van der Waals surface area (Å²) in [7, 11) is 0. The predicted molar refractivity (Wildman–Crippen MR) is 143 cm³/mol. The Morgan fingerprint density at radius 2 is 2.05 bits per heavy atom. The van der Waals surface area contributed by atoms with Crippen molar-refractivity contribution in [1.29, 1.82) is 0 Å². The van der Waals surface area contributed by atoms with Crippen molar-refractivity contribution in [3.05, 3.63) is 76.7 Å². The minimum Gasteiger partial charge on any atom is -0.483 e. The maximum absolute atomic E-state index is 14.0. The molecule has 1 N–H and O–H groups in total. The van der Waals surface area contributed by atoms with Crippen LogP contribution in [0, 0.1) is 5.82 Å². The Morgan fingerprint density at radius 1 is 1.18 bits per heavy atom. The Labute approximate surface area is 234 Å². The number of ether oxygens (including phenoxy) is 3. The number of carboxylic acid groups (broad SMARTS) is 1. The van der Waals surface area contributed by atoms with Crippen LogP contribution in [-0.4, -0.2) is 67.4 Å². The number of fused-ring (bicyclic) bond motifs is 1. The minimum atomic E-state index is -0.966. The smallest absolute Gasteiger partial charge is 0.335 e. The first kappa shape index (κ1) is 26.4. The summed E-state index contributed by atoms with van der Waals surface area (Å²) in [5.74, 6) is 0.209. The maximum atomic E-state index is 14.0. The van der Waals surface area contributed by atoms with E-state index in [0.29, 0.717) is 36.4 Å². The third kappa shape index (κ3) is 5.86. The number of carbonyl (C=O) groups is 1. The number of halogens is 2. The third-order valence-corrected chi connectivity index (χ3v) is 7.30. The molecule has 0 amide bonds. The molecule has 2 atom stereocenters. The molecule has 2 aliphatic rings. The van der Waals surface area contributed by atoms with Crippen molar-refractivity contribution in [2.75, 3.05) is 19.7 Å². The standard InChI is InChI=1S/C28H27ClFN5O5/c29-18-2-4-24(21(30)12-18)39-16-25-31-8-5-27(33-25)40-20-6-9-34(13-20)15-26-32-22-3-1-17(28(36)37)11-23(22)35(26)14-19-7-10-38-19/h1-5,8,11-12,19-20H,6-7,9-10,13-16H2,(H,36,37)/t19-,20-/m0/s1. The normalized spacial score (nSPS) is 19.1. The zero-order valence-corrected chi connectivity index (χ0v) is 22.3. The summed E-state index contributed by atoms with van der Waals surface area (Å²) < 4.78 is 33.4. The fraction of sp³-hybridized carbons (Fsp3) is 0.357. The summed E-state index contributed by atoms with van der Waals surface area (Å²) in [5.41, 5.74) is 1.80. The second-order valence-electron chi connectivity index (χ2n) is 9.87. The van der Waals surface area contributed by atoms with E-state index in [1.165, 1.54) is 12.1 Å². The van der Waals surface area contributed by atoms with E-state index in [2.05, 4.69) is 19.4 Å². The topological polar surface area (TPSA) is 112 Å². The van der Waals surface area contributed by atoms with E-state index in [9.17, 15) is 14.3 Å². The largest absolute Gasteiger partial charge is 0.483 e. The van der Waals surface area contributed by atoms with E-state index < -0.39 is 11.8 Å². The van der Waals surface area contributed by atoms with Gasteiger partial charge < -0.3 is 23.9 Å². The second kappa shape index (κ2) is 11.4. The van der Waals surface area contributed by atoms with Gasteiger partial charge in [0.1, 0.15) is 18.5 Å². The van der Waals surface area contributed by atoms with Gasteiger partial charge in [0.15, 0.2) is 17.4 Å². The molecule has 40 heavy (non-hydrogen) atoms. The number of aromatic nitrogens is 4. The van der Waals surface area contributed by atoms with Gasteiger partial charge >= 0.3 is 5.97 Å². The Morgan fingerprint density at radius 3 is 2.83 bits per heavy atom. The quantitative estimate of drug-likeness (QED) is 0.299. The van der Waals surface area contributed by atoms with Gasteiger partial charge in [0, 0.05) is 37.0 Å². The molecule has 2 aromatic carbocycles. The van der Waals surface area contributed by atoms with E-state index in [0.717, 1.165) is 42.9 Å². The van der Waals surface area contributed by atoms with Crippen molar-refractivity contribution in [1.82, 2.24) is 24.4 Å². The molecular formula is C28H27ClFN5O5. The lowest BCUT2D eigenvalue weighted by atomic mass is 10.1. The zero-order chi connectivity index (χ0) is 27.6. The molecule has 4 heterocycles. The Bertz CT molecular complexity index is 1550. The summed E-state index contributed by atoms with van der Waals surface area (Å²) in [4.78, 5) is 27.3. The average molecular weight is 568 g/mol. The van der Waals surface area contributed by atoms with Crippen molar-refractivity contribution in [3.63, 3.8) is 0 Å². The van der Waals surface area contributed by atoms with Crippen LogP contribution in [0.25, 0.3) is 11.0 Å². The molecule has 4 aromatic rings. The van der Waals surface area contributed by atoms with Crippen LogP contribution in [0.2, 0.25) is 5.02 Å². The van der Waals surface area contributed by atoms with E-state index >= 15 is 0 Å². The third-order valence-electron chi connectivity index (χ3n) is 7.07. The van der Waals surface area contributed by atoms with Gasteiger partial charge in [0.2, 0.25) is 5.88 Å². The molecule has 2 aromatic heterocycles. The molecule has 0 aliphatic carbocycles. The number of hydrogen-bond acceptors (Lipinski definition) is 8. The number of hydrogen-bond donors (Lipinski definition) is 1. The van der Waals surface area contributed by atoms with Crippen LogP contribution in [0.1, 0.15) is 34.8 Å². The highest BCUT2D eigenvalue weighted by atomic mass is 35.5. The summed E-state index contributed by atoms with van der Waals surface area (Å²) >= 11 is 5.79. The first-order valence-electron chi connectivity index (χ1n) is 13.0. The number of imidazole rings is 1. The van der Waals surface area contributed by atoms with Gasteiger partial charge in [0.05, 0.1) is 35.8 Å². The second-order valence-corrected chi connectivity index (χ2v) is 10.3. The highest BCUT2D eigenvalue weighted by molar-refractivity contribution is 6.30. The molecule has 0 bridgehead atoms. The molecule has 2 aliphatic heterocycles. The minimum absolute atomic E-state index is 0.0168. The molecule has 12 heteroatoms. The predicted octanol–water partition coefficient (Wildman–Crippen LogP) is 4.34. The number of carboxylic acids is 1. The molecule has 2 saturated heterocycles. The number of nitrogens with zero attached hydrogens (tertiary/aromatic N) is 5.